The largest absolute Gasteiger partial charge is 0.461 e. The van der Waals surface area contributed by atoms with Gasteiger partial charge in [-0.3, -0.25) is 14.4 Å². The van der Waals surface area contributed by atoms with E-state index in [0.29, 0.717) is 25.7 Å². The van der Waals surface area contributed by atoms with Crippen LogP contribution in [0.3, 0.4) is 0 Å². The van der Waals surface area contributed by atoms with Crippen LogP contribution >= 0.6 is 11.8 Å². The maximum Gasteiger partial charge on any atom is 0.316 e. The van der Waals surface area contributed by atoms with E-state index < -0.39 is 29.1 Å². The zero-order valence-electron chi connectivity index (χ0n) is 27.0. The Morgan fingerprint density at radius 3 is 2.56 bits per heavy atom. The molecule has 2 bridgehead atoms. The average Bonchev–Trinajstić information content (AvgIpc) is 3.36. The monoisotopic (exact) mass is 620 g/mol. The standard InChI is InChI=1S/C34H56N2O6S/c1-6-32(4)18-27(33(5)20(2)12-14-34(21(3)30(32)40)15-13-25(38)29(33)34)42-28(39)19-43-26-17-22(10-11-24(26)37)36-31(41)23-9-7-8-16-35-23/h20-24,26-27,29-30,35,37,40H,6-19H2,1-5H3,(H,36,41)/t20?,21-,22-,23-,24+,26-,27+,29-,30-,32+,33-,34?/m0/s1. The number of hydrogen-bond acceptors (Lipinski definition) is 8. The Bertz CT molecular complexity index is 1050. The highest BCUT2D eigenvalue weighted by Gasteiger charge is 2.68. The van der Waals surface area contributed by atoms with Crippen LogP contribution < -0.4 is 10.6 Å². The molecule has 0 aromatic rings. The highest BCUT2D eigenvalue weighted by atomic mass is 32.2. The summed E-state index contributed by atoms with van der Waals surface area (Å²) in [6.07, 6.45) is 7.89. The molecule has 0 radical (unpaired) electrons. The third-order valence-corrected chi connectivity index (χ3v) is 14.5. The normalized spacial score (nSPS) is 46.8. The van der Waals surface area contributed by atoms with Gasteiger partial charge < -0.3 is 25.6 Å². The highest BCUT2D eigenvalue weighted by Crippen LogP contribution is 2.68. The molecule has 1 heterocycles. The SMILES string of the molecule is CC[C@]1(C)C[C@@H](OC(=O)CS[C@H]2C[C@@H](NC(=O)[C@@H]3CCCCN3)CC[C@H]2O)[C@]2(C)C(C)CCC3(CCC(=O)[C@H]32)[C@@H](C)[C@@H]1O. The molecule has 1 aliphatic heterocycles. The Labute approximate surface area is 262 Å². The highest BCUT2D eigenvalue weighted by molar-refractivity contribution is 8.00. The summed E-state index contributed by atoms with van der Waals surface area (Å²) in [4.78, 5) is 40.0. The van der Waals surface area contributed by atoms with Crippen molar-refractivity contribution in [3.63, 3.8) is 0 Å². The van der Waals surface area contributed by atoms with Gasteiger partial charge in [0, 0.05) is 29.0 Å². The predicted octanol–water partition coefficient (Wildman–Crippen LogP) is 4.39. The van der Waals surface area contributed by atoms with E-state index in [0.717, 1.165) is 57.9 Å². The van der Waals surface area contributed by atoms with Crippen molar-refractivity contribution in [3.8, 4) is 0 Å². The third-order valence-electron chi connectivity index (χ3n) is 13.1. The van der Waals surface area contributed by atoms with Gasteiger partial charge >= 0.3 is 5.97 Å². The number of amides is 1. The van der Waals surface area contributed by atoms with Crippen LogP contribution in [0.4, 0.5) is 0 Å². The third kappa shape index (κ3) is 6.06. The first kappa shape index (κ1) is 33.2. The second-order valence-electron chi connectivity index (χ2n) is 15.3. The van der Waals surface area contributed by atoms with E-state index in [-0.39, 0.29) is 63.9 Å². The van der Waals surface area contributed by atoms with Crippen LogP contribution in [0.1, 0.15) is 112 Å². The van der Waals surface area contributed by atoms with Gasteiger partial charge in [0.15, 0.2) is 0 Å². The van der Waals surface area contributed by atoms with E-state index in [1.54, 1.807) is 0 Å². The van der Waals surface area contributed by atoms with Gasteiger partial charge in [0.2, 0.25) is 5.91 Å². The van der Waals surface area contributed by atoms with Gasteiger partial charge in [0.05, 0.1) is 24.0 Å². The molecule has 2 unspecified atom stereocenters. The molecule has 4 N–H and O–H groups in total. The van der Waals surface area contributed by atoms with E-state index in [1.165, 1.54) is 11.8 Å². The first-order valence-electron chi connectivity index (χ1n) is 17.1. The van der Waals surface area contributed by atoms with Crippen molar-refractivity contribution in [3.05, 3.63) is 0 Å². The molecular formula is C34H56N2O6S. The maximum absolute atomic E-state index is 13.6. The number of thioether (sulfide) groups is 1. The molecule has 0 spiro atoms. The van der Waals surface area contributed by atoms with E-state index in [4.69, 9.17) is 4.74 Å². The molecule has 1 amide bonds. The Morgan fingerprint density at radius 1 is 1.09 bits per heavy atom. The fourth-order valence-corrected chi connectivity index (χ4v) is 11.0. The van der Waals surface area contributed by atoms with Crippen LogP contribution in [0.2, 0.25) is 0 Å². The summed E-state index contributed by atoms with van der Waals surface area (Å²) in [7, 11) is 0. The quantitative estimate of drug-likeness (QED) is 0.309. The number of Topliss-reactive ketones (excluding diaryl/α,β-unsaturated/α-hetero) is 1. The molecule has 244 valence electrons. The summed E-state index contributed by atoms with van der Waals surface area (Å²) in [6, 6.07) is -0.161. The smallest absolute Gasteiger partial charge is 0.316 e. The number of hydrogen-bond donors (Lipinski definition) is 4. The van der Waals surface area contributed by atoms with Crippen molar-refractivity contribution >= 4 is 29.4 Å². The number of esters is 1. The van der Waals surface area contributed by atoms with Crippen molar-refractivity contribution in [2.75, 3.05) is 12.3 Å². The molecule has 0 aromatic carbocycles. The van der Waals surface area contributed by atoms with Gasteiger partial charge in [-0.1, -0.05) is 41.0 Å². The Kier molecular flexibility index (Phi) is 9.98. The summed E-state index contributed by atoms with van der Waals surface area (Å²) < 4.78 is 6.43. The topological polar surface area (TPSA) is 125 Å². The number of carbonyl (C=O) groups is 3. The van der Waals surface area contributed by atoms with Crippen molar-refractivity contribution in [2.45, 2.75) is 147 Å². The van der Waals surface area contributed by atoms with Crippen LogP contribution in [-0.2, 0) is 19.1 Å². The molecule has 4 aliphatic carbocycles. The summed E-state index contributed by atoms with van der Waals surface area (Å²) >= 11 is 1.42. The lowest BCUT2D eigenvalue weighted by atomic mass is 9.43. The second-order valence-corrected chi connectivity index (χ2v) is 16.5. The number of ketones is 1. The Morgan fingerprint density at radius 2 is 1.86 bits per heavy atom. The fourth-order valence-electron chi connectivity index (χ4n) is 9.88. The summed E-state index contributed by atoms with van der Waals surface area (Å²) in [5, 5.41) is 28.9. The van der Waals surface area contributed by atoms with Gasteiger partial charge in [-0.25, -0.2) is 0 Å². The molecule has 43 heavy (non-hydrogen) atoms. The van der Waals surface area contributed by atoms with Crippen molar-refractivity contribution < 1.29 is 29.3 Å². The Balaban J connectivity index is 1.28. The van der Waals surface area contributed by atoms with E-state index in [9.17, 15) is 24.6 Å². The zero-order valence-corrected chi connectivity index (χ0v) is 27.8. The van der Waals surface area contributed by atoms with Crippen molar-refractivity contribution in [2.24, 2.45) is 34.0 Å². The number of ether oxygens (including phenoxy) is 1. The molecule has 4 saturated carbocycles. The lowest BCUT2D eigenvalue weighted by Crippen LogP contribution is -2.63. The number of rotatable bonds is 7. The lowest BCUT2D eigenvalue weighted by Gasteiger charge is -2.62. The van der Waals surface area contributed by atoms with Crippen LogP contribution in [-0.4, -0.2) is 75.8 Å². The number of nitrogens with one attached hydrogen (secondary N) is 2. The van der Waals surface area contributed by atoms with Crippen molar-refractivity contribution in [1.82, 2.24) is 10.6 Å². The Hall–Kier alpha value is -1.16. The zero-order chi connectivity index (χ0) is 31.2. The first-order chi connectivity index (χ1) is 20.4. The maximum atomic E-state index is 13.6. The summed E-state index contributed by atoms with van der Waals surface area (Å²) in [5.74, 6) is 0.0913. The summed E-state index contributed by atoms with van der Waals surface area (Å²) in [5.41, 5.74) is -1.19. The molecule has 1 saturated heterocycles. The van der Waals surface area contributed by atoms with Gasteiger partial charge in [-0.05, 0) is 93.4 Å². The lowest BCUT2D eigenvalue weighted by molar-refractivity contribution is -0.211. The van der Waals surface area contributed by atoms with E-state index in [2.05, 4.69) is 45.3 Å². The number of piperidine rings is 1. The van der Waals surface area contributed by atoms with Gasteiger partial charge in [-0.2, -0.15) is 0 Å². The number of aliphatic hydroxyl groups excluding tert-OH is 2. The van der Waals surface area contributed by atoms with Crippen molar-refractivity contribution in [1.29, 1.82) is 0 Å². The molecular weight excluding hydrogens is 564 g/mol. The minimum absolute atomic E-state index is 0.00283. The van der Waals surface area contributed by atoms with E-state index >= 15 is 0 Å². The second kappa shape index (κ2) is 12.9. The predicted molar refractivity (Wildman–Crippen MR) is 168 cm³/mol. The summed E-state index contributed by atoms with van der Waals surface area (Å²) in [6.45, 7) is 11.6. The van der Waals surface area contributed by atoms with Gasteiger partial charge in [0.1, 0.15) is 11.9 Å². The number of aliphatic hydroxyl groups is 2. The molecule has 12 atom stereocenters. The van der Waals surface area contributed by atoms with Gasteiger partial charge in [0.25, 0.3) is 0 Å². The van der Waals surface area contributed by atoms with Crippen LogP contribution in [0.25, 0.3) is 0 Å². The molecule has 0 aromatic heterocycles. The molecule has 5 fully saturated rings. The van der Waals surface area contributed by atoms with Crippen LogP contribution in [0.5, 0.6) is 0 Å². The molecule has 9 heteroatoms. The average molecular weight is 621 g/mol. The number of carbonyl (C=O) groups excluding carboxylic acids is 3. The minimum atomic E-state index is -0.576. The fraction of sp³-hybridized carbons (Fsp3) is 0.912. The van der Waals surface area contributed by atoms with Crippen LogP contribution in [0.15, 0.2) is 0 Å². The van der Waals surface area contributed by atoms with E-state index in [1.807, 2.05) is 0 Å². The molecule has 8 nitrogen and oxygen atoms in total. The van der Waals surface area contributed by atoms with Gasteiger partial charge in [-0.15, -0.1) is 11.8 Å². The first-order valence-corrected chi connectivity index (χ1v) is 18.1. The minimum Gasteiger partial charge on any atom is -0.461 e. The molecule has 5 aliphatic rings. The molecule has 5 rings (SSSR count). The van der Waals surface area contributed by atoms with Crippen LogP contribution in [0, 0.1) is 34.0 Å².